The molecule has 0 bridgehead atoms. The maximum atomic E-state index is 11.5. The Labute approximate surface area is 148 Å². The van der Waals surface area contributed by atoms with Crippen LogP contribution < -0.4 is 14.8 Å². The van der Waals surface area contributed by atoms with Gasteiger partial charge in [0.1, 0.15) is 17.6 Å². The molecule has 2 aromatic carbocycles. The van der Waals surface area contributed by atoms with Crippen molar-refractivity contribution in [3.05, 3.63) is 54.1 Å². The average molecular weight is 364 g/mol. The normalized spacial score (nSPS) is 12.8. The predicted octanol–water partition coefficient (Wildman–Crippen LogP) is 2.88. The summed E-state index contributed by atoms with van der Waals surface area (Å²) in [7, 11) is -3.49. The van der Waals surface area contributed by atoms with Crippen LogP contribution in [0.2, 0.25) is 0 Å². The zero-order valence-corrected chi connectivity index (χ0v) is 15.4. The lowest BCUT2D eigenvalue weighted by Gasteiger charge is -2.22. The number of anilines is 1. The Morgan fingerprint density at radius 2 is 1.80 bits per heavy atom. The summed E-state index contributed by atoms with van der Waals surface area (Å²) in [5, 5.41) is 13.2. The van der Waals surface area contributed by atoms with Crippen LogP contribution in [-0.4, -0.2) is 32.4 Å². The van der Waals surface area contributed by atoms with Gasteiger partial charge in [0.05, 0.1) is 11.9 Å². The third-order valence-corrected chi connectivity index (χ3v) is 4.01. The molecular formula is C18H24N2O4S. The monoisotopic (exact) mass is 364 g/mol. The second-order valence-corrected chi connectivity index (χ2v) is 7.88. The molecule has 0 saturated heterocycles. The summed E-state index contributed by atoms with van der Waals surface area (Å²) >= 11 is 0. The molecule has 0 aromatic heterocycles. The highest BCUT2D eigenvalue weighted by Gasteiger charge is 2.17. The topological polar surface area (TPSA) is 87.7 Å². The molecular weight excluding hydrogens is 340 g/mol. The molecule has 0 aliphatic heterocycles. The van der Waals surface area contributed by atoms with Crippen molar-refractivity contribution in [1.29, 1.82) is 0 Å². The number of hydrogen-bond donors (Lipinski definition) is 3. The van der Waals surface area contributed by atoms with E-state index >= 15 is 0 Å². The molecule has 0 saturated carbocycles. The highest BCUT2D eigenvalue weighted by Crippen LogP contribution is 2.30. The molecule has 6 nitrogen and oxygen atoms in total. The summed E-state index contributed by atoms with van der Waals surface area (Å²) in [6, 6.07) is 14.4. The van der Waals surface area contributed by atoms with E-state index < -0.39 is 10.0 Å². The molecule has 1 atom stereocenters. The van der Waals surface area contributed by atoms with Gasteiger partial charge in [-0.2, -0.15) is 0 Å². The van der Waals surface area contributed by atoms with Crippen molar-refractivity contribution in [2.45, 2.75) is 26.0 Å². The lowest BCUT2D eigenvalue weighted by atomic mass is 10.1. The molecule has 0 fully saturated rings. The summed E-state index contributed by atoms with van der Waals surface area (Å²) in [5.74, 6) is 0.577. The zero-order valence-electron chi connectivity index (χ0n) is 14.6. The molecule has 0 spiro atoms. The number of rotatable bonds is 8. The molecule has 7 heteroatoms. The van der Waals surface area contributed by atoms with Crippen molar-refractivity contribution in [1.82, 2.24) is 5.32 Å². The van der Waals surface area contributed by atoms with Gasteiger partial charge in [0.15, 0.2) is 0 Å². The second-order valence-electron chi connectivity index (χ2n) is 6.13. The van der Waals surface area contributed by atoms with E-state index in [9.17, 15) is 13.5 Å². The number of nitrogens with one attached hydrogen (secondary N) is 2. The molecule has 2 rings (SSSR count). The number of para-hydroxylation sites is 1. The van der Waals surface area contributed by atoms with E-state index in [0.29, 0.717) is 12.3 Å². The zero-order chi connectivity index (χ0) is 18.4. The maximum absolute atomic E-state index is 11.5. The molecule has 0 radical (unpaired) electrons. The van der Waals surface area contributed by atoms with Crippen LogP contribution in [0.3, 0.4) is 0 Å². The maximum Gasteiger partial charge on any atom is 0.229 e. The van der Waals surface area contributed by atoms with Gasteiger partial charge < -0.3 is 15.2 Å². The Hall–Kier alpha value is -2.25. The van der Waals surface area contributed by atoms with Gasteiger partial charge in [-0.15, -0.1) is 0 Å². The summed E-state index contributed by atoms with van der Waals surface area (Å²) in [5.41, 5.74) is 0.882. The number of phenols is 1. The van der Waals surface area contributed by atoms with Crippen molar-refractivity contribution in [3.8, 4) is 11.5 Å². The molecule has 0 aliphatic carbocycles. The van der Waals surface area contributed by atoms with Crippen LogP contribution >= 0.6 is 0 Å². The smallest absolute Gasteiger partial charge is 0.229 e. The van der Waals surface area contributed by atoms with Crippen molar-refractivity contribution < 1.29 is 18.3 Å². The Morgan fingerprint density at radius 3 is 2.40 bits per heavy atom. The van der Waals surface area contributed by atoms with Crippen LogP contribution in [0.15, 0.2) is 48.5 Å². The Kier molecular flexibility index (Phi) is 6.27. The molecule has 136 valence electrons. The molecule has 0 amide bonds. The number of aromatic hydroxyl groups is 1. The minimum atomic E-state index is -3.49. The van der Waals surface area contributed by atoms with E-state index in [2.05, 4.69) is 10.0 Å². The summed E-state index contributed by atoms with van der Waals surface area (Å²) in [4.78, 5) is 0. The molecule has 0 aliphatic rings. The standard InChI is InChI=1S/C18H24N2O4S/c1-13(2)19-12-18(24-15-7-5-4-6-8-15)14-9-10-17(21)16(11-14)20-25(3,22)23/h4-11,13,18-21H,12H2,1-3H3. The van der Waals surface area contributed by atoms with Crippen LogP contribution in [0.5, 0.6) is 11.5 Å². The number of benzene rings is 2. The lowest BCUT2D eigenvalue weighted by molar-refractivity contribution is 0.198. The second kappa shape index (κ2) is 8.22. The first-order chi connectivity index (χ1) is 11.7. The van der Waals surface area contributed by atoms with E-state index in [4.69, 9.17) is 4.74 Å². The number of ether oxygens (including phenoxy) is 1. The molecule has 3 N–H and O–H groups in total. The van der Waals surface area contributed by atoms with Crippen molar-refractivity contribution >= 4 is 15.7 Å². The van der Waals surface area contributed by atoms with Crippen molar-refractivity contribution in [3.63, 3.8) is 0 Å². The van der Waals surface area contributed by atoms with Gasteiger partial charge in [-0.1, -0.05) is 38.1 Å². The SMILES string of the molecule is CC(C)NCC(Oc1ccccc1)c1ccc(O)c(NS(C)(=O)=O)c1. The minimum absolute atomic E-state index is 0.131. The third kappa shape index (κ3) is 6.28. The van der Waals surface area contributed by atoms with Gasteiger partial charge in [0, 0.05) is 12.6 Å². The minimum Gasteiger partial charge on any atom is -0.506 e. The number of hydrogen-bond acceptors (Lipinski definition) is 5. The third-order valence-electron chi connectivity index (χ3n) is 3.42. The van der Waals surface area contributed by atoms with Crippen molar-refractivity contribution in [2.75, 3.05) is 17.5 Å². The quantitative estimate of drug-likeness (QED) is 0.627. The molecule has 25 heavy (non-hydrogen) atoms. The Morgan fingerprint density at radius 1 is 1.12 bits per heavy atom. The highest BCUT2D eigenvalue weighted by atomic mass is 32.2. The van der Waals surface area contributed by atoms with Gasteiger partial charge >= 0.3 is 0 Å². The van der Waals surface area contributed by atoms with E-state index in [1.54, 1.807) is 12.1 Å². The number of sulfonamides is 1. The lowest BCUT2D eigenvalue weighted by Crippen LogP contribution is -2.30. The van der Waals surface area contributed by atoms with Gasteiger partial charge in [0.2, 0.25) is 10.0 Å². The van der Waals surface area contributed by atoms with Crippen LogP contribution in [0.4, 0.5) is 5.69 Å². The molecule has 1 unspecified atom stereocenters. The van der Waals surface area contributed by atoms with Gasteiger partial charge in [-0.05, 0) is 29.8 Å². The van der Waals surface area contributed by atoms with Gasteiger partial charge in [-0.3, -0.25) is 4.72 Å². The fraction of sp³-hybridized carbons (Fsp3) is 0.333. The van der Waals surface area contributed by atoms with Crippen LogP contribution in [-0.2, 0) is 10.0 Å². The summed E-state index contributed by atoms with van der Waals surface area (Å²) < 4.78 is 31.3. The molecule has 0 heterocycles. The first-order valence-electron chi connectivity index (χ1n) is 8.00. The summed E-state index contributed by atoms with van der Waals surface area (Å²) in [6.07, 6.45) is 0.697. The number of phenolic OH excluding ortho intramolecular Hbond substituents is 1. The molecule has 2 aromatic rings. The Bertz CT molecular complexity index is 792. The predicted molar refractivity (Wildman–Crippen MR) is 99.5 cm³/mol. The van der Waals surface area contributed by atoms with E-state index in [-0.39, 0.29) is 23.6 Å². The Balaban J connectivity index is 2.30. The van der Waals surface area contributed by atoms with Crippen LogP contribution in [0, 0.1) is 0 Å². The average Bonchev–Trinajstić information content (AvgIpc) is 2.53. The van der Waals surface area contributed by atoms with Gasteiger partial charge in [0.25, 0.3) is 0 Å². The first kappa shape index (κ1) is 19.1. The summed E-state index contributed by atoms with van der Waals surface area (Å²) in [6.45, 7) is 4.61. The highest BCUT2D eigenvalue weighted by molar-refractivity contribution is 7.92. The largest absolute Gasteiger partial charge is 0.506 e. The fourth-order valence-electron chi connectivity index (χ4n) is 2.27. The van der Waals surface area contributed by atoms with Crippen molar-refractivity contribution in [2.24, 2.45) is 0 Å². The fourth-order valence-corrected chi connectivity index (χ4v) is 2.83. The van der Waals surface area contributed by atoms with E-state index in [1.807, 2.05) is 44.2 Å². The van der Waals surface area contributed by atoms with E-state index in [1.165, 1.54) is 6.07 Å². The van der Waals surface area contributed by atoms with Crippen LogP contribution in [0.1, 0.15) is 25.5 Å². The first-order valence-corrected chi connectivity index (χ1v) is 9.89. The van der Waals surface area contributed by atoms with Crippen LogP contribution in [0.25, 0.3) is 0 Å². The van der Waals surface area contributed by atoms with E-state index in [0.717, 1.165) is 11.8 Å². The van der Waals surface area contributed by atoms with Gasteiger partial charge in [-0.25, -0.2) is 8.42 Å².